The molecule has 0 saturated carbocycles. The van der Waals surface area contributed by atoms with Gasteiger partial charge in [-0.05, 0) is 36.7 Å². The fourth-order valence-electron chi connectivity index (χ4n) is 2.41. The van der Waals surface area contributed by atoms with Crippen LogP contribution in [-0.4, -0.2) is 36.9 Å². The summed E-state index contributed by atoms with van der Waals surface area (Å²) in [4.78, 5) is 15.1. The van der Waals surface area contributed by atoms with Crippen molar-refractivity contribution >= 4 is 17.4 Å². The smallest absolute Gasteiger partial charge is 0.335 e. The van der Waals surface area contributed by atoms with Gasteiger partial charge in [-0.15, -0.1) is 0 Å². The molecular formula is C15H18FN3O2. The van der Waals surface area contributed by atoms with Gasteiger partial charge in [0.05, 0.1) is 5.56 Å². The van der Waals surface area contributed by atoms with Crippen molar-refractivity contribution in [2.45, 2.75) is 12.8 Å². The minimum absolute atomic E-state index is 0.0963. The van der Waals surface area contributed by atoms with Crippen molar-refractivity contribution in [2.75, 3.05) is 20.1 Å². The van der Waals surface area contributed by atoms with E-state index in [-0.39, 0.29) is 11.1 Å². The molecule has 1 heterocycles. The minimum Gasteiger partial charge on any atom is -0.478 e. The predicted octanol–water partition coefficient (Wildman–Crippen LogP) is 1.65. The molecule has 4 N–H and O–H groups in total. The summed E-state index contributed by atoms with van der Waals surface area (Å²) >= 11 is 0. The van der Waals surface area contributed by atoms with Gasteiger partial charge in [-0.2, -0.15) is 0 Å². The third-order valence-electron chi connectivity index (χ3n) is 3.54. The molecule has 5 nitrogen and oxygen atoms in total. The van der Waals surface area contributed by atoms with E-state index in [1.165, 1.54) is 12.1 Å². The molecule has 1 saturated heterocycles. The molecule has 0 atom stereocenters. The van der Waals surface area contributed by atoms with Gasteiger partial charge in [0.1, 0.15) is 5.82 Å². The summed E-state index contributed by atoms with van der Waals surface area (Å²) in [5.74, 6) is -1.80. The second kappa shape index (κ2) is 6.49. The summed E-state index contributed by atoms with van der Waals surface area (Å²) in [5.41, 5.74) is 8.25. The number of nitrogens with one attached hydrogen (secondary N) is 1. The number of halogens is 1. The Morgan fingerprint density at radius 1 is 1.38 bits per heavy atom. The van der Waals surface area contributed by atoms with Crippen LogP contribution in [0.15, 0.2) is 28.8 Å². The molecule has 2 rings (SSSR count). The summed E-state index contributed by atoms with van der Waals surface area (Å²) in [6.45, 7) is 1.56. The van der Waals surface area contributed by atoms with Crippen molar-refractivity contribution in [2.24, 2.45) is 10.7 Å². The molecule has 1 aliphatic heterocycles. The van der Waals surface area contributed by atoms with Crippen LogP contribution in [0, 0.1) is 5.82 Å². The van der Waals surface area contributed by atoms with Gasteiger partial charge < -0.3 is 16.2 Å². The van der Waals surface area contributed by atoms with Crippen molar-refractivity contribution in [1.29, 1.82) is 0 Å². The van der Waals surface area contributed by atoms with Gasteiger partial charge in [0, 0.05) is 37.0 Å². The van der Waals surface area contributed by atoms with Gasteiger partial charge in [-0.3, -0.25) is 4.99 Å². The average molecular weight is 291 g/mol. The maximum Gasteiger partial charge on any atom is 0.335 e. The Balaban J connectivity index is 2.48. The second-order valence-electron chi connectivity index (χ2n) is 4.81. The van der Waals surface area contributed by atoms with E-state index in [9.17, 15) is 9.18 Å². The number of carboxylic acid groups (broad SMARTS) is 1. The maximum absolute atomic E-state index is 14.1. The van der Waals surface area contributed by atoms with Crippen molar-refractivity contribution < 1.29 is 14.3 Å². The zero-order valence-electron chi connectivity index (χ0n) is 11.8. The van der Waals surface area contributed by atoms with Crippen LogP contribution in [0.25, 0.3) is 5.70 Å². The lowest BCUT2D eigenvalue weighted by molar-refractivity contribution is 0.0696. The highest BCUT2D eigenvalue weighted by Gasteiger charge is 2.18. The summed E-state index contributed by atoms with van der Waals surface area (Å²) in [6, 6.07) is 3.75. The molecule has 0 aliphatic carbocycles. The number of hydrogen-bond donors (Lipinski definition) is 3. The Hall–Kier alpha value is -2.21. The molecule has 0 unspecified atom stereocenters. The number of rotatable bonds is 2. The highest BCUT2D eigenvalue weighted by molar-refractivity contribution is 6.06. The monoisotopic (exact) mass is 291 g/mol. The number of nitrogens with zero attached hydrogens (tertiary/aromatic N) is 1. The standard InChI is InChI=1S/C15H18FN3O2/c1-18-13-5-7-19-6-4-11(13)14(17)10-3-2-9(15(20)21)8-12(10)16/h2-3,8,19H,4-7,17H2,1H3,(H,20,21). The third kappa shape index (κ3) is 3.28. The van der Waals surface area contributed by atoms with E-state index in [1.807, 2.05) is 0 Å². The van der Waals surface area contributed by atoms with E-state index in [0.29, 0.717) is 12.1 Å². The van der Waals surface area contributed by atoms with E-state index in [4.69, 9.17) is 10.8 Å². The number of benzene rings is 1. The van der Waals surface area contributed by atoms with Crippen LogP contribution < -0.4 is 11.1 Å². The van der Waals surface area contributed by atoms with Gasteiger partial charge in [-0.25, -0.2) is 9.18 Å². The van der Waals surface area contributed by atoms with Gasteiger partial charge in [0.15, 0.2) is 0 Å². The molecule has 0 aromatic heterocycles. The van der Waals surface area contributed by atoms with E-state index < -0.39 is 11.8 Å². The molecule has 1 fully saturated rings. The van der Waals surface area contributed by atoms with Gasteiger partial charge in [-0.1, -0.05) is 0 Å². The summed E-state index contributed by atoms with van der Waals surface area (Å²) < 4.78 is 14.1. The van der Waals surface area contributed by atoms with Crippen LogP contribution >= 0.6 is 0 Å². The molecule has 6 heteroatoms. The summed E-state index contributed by atoms with van der Waals surface area (Å²) in [6.07, 6.45) is 1.40. The van der Waals surface area contributed by atoms with Crippen LogP contribution in [-0.2, 0) is 0 Å². The molecule has 112 valence electrons. The Labute approximate surface area is 122 Å². The fourth-order valence-corrected chi connectivity index (χ4v) is 2.41. The predicted molar refractivity (Wildman–Crippen MR) is 79.9 cm³/mol. The number of aliphatic imine (C=N–C) groups is 1. The molecule has 0 amide bonds. The molecule has 0 spiro atoms. The Bertz CT molecular complexity index is 623. The van der Waals surface area contributed by atoms with Crippen LogP contribution in [0.2, 0.25) is 0 Å². The number of hydrogen-bond acceptors (Lipinski definition) is 4. The number of aromatic carboxylic acids is 1. The molecule has 0 bridgehead atoms. The maximum atomic E-state index is 14.1. The third-order valence-corrected chi connectivity index (χ3v) is 3.54. The quantitative estimate of drug-likeness (QED) is 0.773. The Kier molecular flexibility index (Phi) is 4.70. The first-order chi connectivity index (χ1) is 10.0. The van der Waals surface area contributed by atoms with E-state index >= 15 is 0 Å². The largest absolute Gasteiger partial charge is 0.478 e. The van der Waals surface area contributed by atoms with Crippen molar-refractivity contribution in [3.05, 3.63) is 40.7 Å². The first-order valence-corrected chi connectivity index (χ1v) is 6.73. The first kappa shape index (κ1) is 15.2. The highest BCUT2D eigenvalue weighted by Crippen LogP contribution is 2.23. The van der Waals surface area contributed by atoms with Gasteiger partial charge >= 0.3 is 5.97 Å². The molecular weight excluding hydrogens is 273 g/mol. The average Bonchev–Trinajstić information content (AvgIpc) is 2.71. The lowest BCUT2D eigenvalue weighted by Crippen LogP contribution is -2.13. The second-order valence-corrected chi connectivity index (χ2v) is 4.81. The van der Waals surface area contributed by atoms with E-state index in [1.54, 1.807) is 7.05 Å². The number of nitrogens with two attached hydrogens (primary N) is 1. The van der Waals surface area contributed by atoms with Crippen LogP contribution in [0.3, 0.4) is 0 Å². The van der Waals surface area contributed by atoms with Crippen molar-refractivity contribution in [1.82, 2.24) is 5.32 Å². The topological polar surface area (TPSA) is 87.7 Å². The molecule has 0 radical (unpaired) electrons. The number of carbonyl (C=O) groups is 1. The zero-order valence-corrected chi connectivity index (χ0v) is 11.8. The lowest BCUT2D eigenvalue weighted by atomic mass is 9.98. The first-order valence-electron chi connectivity index (χ1n) is 6.73. The SMILES string of the molecule is CN=C1CCNCCC1=C(N)c1ccc(C(=O)O)cc1F. The Morgan fingerprint density at radius 3 is 2.71 bits per heavy atom. The van der Waals surface area contributed by atoms with Gasteiger partial charge in [0.2, 0.25) is 0 Å². The van der Waals surface area contributed by atoms with Crippen LogP contribution in [0.5, 0.6) is 0 Å². The van der Waals surface area contributed by atoms with Crippen molar-refractivity contribution in [3.63, 3.8) is 0 Å². The van der Waals surface area contributed by atoms with E-state index in [2.05, 4.69) is 10.3 Å². The summed E-state index contributed by atoms with van der Waals surface area (Å²) in [7, 11) is 1.69. The molecule has 1 aliphatic rings. The molecule has 21 heavy (non-hydrogen) atoms. The van der Waals surface area contributed by atoms with E-state index in [0.717, 1.165) is 36.9 Å². The Morgan fingerprint density at radius 2 is 2.10 bits per heavy atom. The normalized spacial score (nSPS) is 20.2. The van der Waals surface area contributed by atoms with Crippen LogP contribution in [0.4, 0.5) is 4.39 Å². The molecule has 1 aromatic rings. The fraction of sp³-hybridized carbons (Fsp3) is 0.333. The zero-order chi connectivity index (χ0) is 15.4. The summed E-state index contributed by atoms with van der Waals surface area (Å²) in [5, 5.41) is 12.1. The van der Waals surface area contributed by atoms with Gasteiger partial charge in [0.25, 0.3) is 0 Å². The highest BCUT2D eigenvalue weighted by atomic mass is 19.1. The molecule has 1 aromatic carbocycles. The number of carboxylic acids is 1. The van der Waals surface area contributed by atoms with Crippen molar-refractivity contribution in [3.8, 4) is 0 Å². The van der Waals surface area contributed by atoms with Crippen LogP contribution in [0.1, 0.15) is 28.8 Å². The minimum atomic E-state index is -1.17. The lowest BCUT2D eigenvalue weighted by Gasteiger charge is -2.12.